The van der Waals surface area contributed by atoms with Crippen LogP contribution in [0.25, 0.3) is 0 Å². The first-order valence-electron chi connectivity index (χ1n) is 10.4. The molecule has 1 aliphatic carbocycles. The SMILES string of the molecule is Cc1c(N2C(=O)N(CCC3CCOCC3)C3(CCCC3)C2=O)ccc(C#N)c1Cl. The van der Waals surface area contributed by atoms with E-state index in [0.29, 0.717) is 47.1 Å². The number of carbonyl (C=O) groups is 2. The highest BCUT2D eigenvalue weighted by atomic mass is 35.5. The Hall–Kier alpha value is -2.10. The third kappa shape index (κ3) is 3.31. The second kappa shape index (κ2) is 7.97. The quantitative estimate of drug-likeness (QED) is 0.682. The van der Waals surface area contributed by atoms with Gasteiger partial charge in [-0.3, -0.25) is 4.79 Å². The van der Waals surface area contributed by atoms with Crippen LogP contribution in [-0.4, -0.2) is 42.1 Å². The van der Waals surface area contributed by atoms with Crippen molar-refractivity contribution in [1.82, 2.24) is 4.90 Å². The van der Waals surface area contributed by atoms with E-state index >= 15 is 0 Å². The van der Waals surface area contributed by atoms with Crippen LogP contribution in [0.2, 0.25) is 5.02 Å². The molecule has 0 bridgehead atoms. The number of nitriles is 1. The van der Waals surface area contributed by atoms with Gasteiger partial charge in [0.2, 0.25) is 0 Å². The second-order valence-electron chi connectivity index (χ2n) is 8.34. The van der Waals surface area contributed by atoms with Gasteiger partial charge >= 0.3 is 6.03 Å². The smallest absolute Gasteiger partial charge is 0.332 e. The number of halogens is 1. The number of hydrogen-bond acceptors (Lipinski definition) is 4. The molecule has 2 aliphatic heterocycles. The fourth-order valence-corrected chi connectivity index (χ4v) is 5.23. The summed E-state index contributed by atoms with van der Waals surface area (Å²) in [4.78, 5) is 30.1. The summed E-state index contributed by atoms with van der Waals surface area (Å²) >= 11 is 6.33. The molecular weight excluding hydrogens is 390 g/mol. The van der Waals surface area contributed by atoms with Gasteiger partial charge in [0, 0.05) is 19.8 Å². The fraction of sp³-hybridized carbons (Fsp3) is 0.591. The van der Waals surface area contributed by atoms with Gasteiger partial charge in [-0.2, -0.15) is 5.26 Å². The molecule has 29 heavy (non-hydrogen) atoms. The Kier molecular flexibility index (Phi) is 5.54. The Labute approximate surface area is 176 Å². The molecule has 1 saturated carbocycles. The maximum atomic E-state index is 13.6. The summed E-state index contributed by atoms with van der Waals surface area (Å²) < 4.78 is 5.44. The average molecular weight is 416 g/mol. The predicted octanol–water partition coefficient (Wildman–Crippen LogP) is 4.42. The molecule has 2 heterocycles. The molecule has 0 unspecified atom stereocenters. The molecule has 154 valence electrons. The summed E-state index contributed by atoms with van der Waals surface area (Å²) in [6.45, 7) is 3.90. The molecule has 3 fully saturated rings. The van der Waals surface area contributed by atoms with Crippen LogP contribution in [-0.2, 0) is 9.53 Å². The van der Waals surface area contributed by atoms with Crippen molar-refractivity contribution in [1.29, 1.82) is 5.26 Å². The largest absolute Gasteiger partial charge is 0.381 e. The van der Waals surface area contributed by atoms with E-state index < -0.39 is 5.54 Å². The highest BCUT2D eigenvalue weighted by Gasteiger charge is 2.58. The maximum absolute atomic E-state index is 13.6. The van der Waals surface area contributed by atoms with Crippen LogP contribution in [0.3, 0.4) is 0 Å². The highest BCUT2D eigenvalue weighted by molar-refractivity contribution is 6.33. The molecule has 0 radical (unpaired) electrons. The van der Waals surface area contributed by atoms with Gasteiger partial charge in [0.05, 0.1) is 16.3 Å². The Bertz CT molecular complexity index is 867. The molecule has 0 atom stereocenters. The van der Waals surface area contributed by atoms with Gasteiger partial charge < -0.3 is 9.64 Å². The lowest BCUT2D eigenvalue weighted by Gasteiger charge is -2.33. The molecule has 1 aromatic rings. The molecule has 3 amide bonds. The number of benzene rings is 1. The monoisotopic (exact) mass is 415 g/mol. The molecule has 7 heteroatoms. The van der Waals surface area contributed by atoms with Crippen LogP contribution in [0.1, 0.15) is 56.1 Å². The number of anilines is 1. The summed E-state index contributed by atoms with van der Waals surface area (Å²) in [6, 6.07) is 5.04. The predicted molar refractivity (Wildman–Crippen MR) is 110 cm³/mol. The number of carbonyl (C=O) groups excluding carboxylic acids is 2. The van der Waals surface area contributed by atoms with Crippen molar-refractivity contribution < 1.29 is 14.3 Å². The number of urea groups is 1. The lowest BCUT2D eigenvalue weighted by molar-refractivity contribution is -0.124. The lowest BCUT2D eigenvalue weighted by Crippen LogP contribution is -2.48. The molecule has 0 aromatic heterocycles. The minimum atomic E-state index is -0.727. The zero-order valence-corrected chi connectivity index (χ0v) is 17.5. The van der Waals surface area contributed by atoms with E-state index in [1.54, 1.807) is 19.1 Å². The molecule has 3 aliphatic rings. The van der Waals surface area contributed by atoms with E-state index in [2.05, 4.69) is 0 Å². The molecule has 6 nitrogen and oxygen atoms in total. The van der Waals surface area contributed by atoms with Gasteiger partial charge in [0.1, 0.15) is 11.6 Å². The van der Waals surface area contributed by atoms with Gasteiger partial charge in [0.25, 0.3) is 5.91 Å². The van der Waals surface area contributed by atoms with Crippen LogP contribution >= 0.6 is 11.6 Å². The Balaban J connectivity index is 1.65. The normalized spacial score (nSPS) is 22.0. The highest BCUT2D eigenvalue weighted by Crippen LogP contribution is 2.45. The minimum absolute atomic E-state index is 0.143. The van der Waals surface area contributed by atoms with Gasteiger partial charge in [0.15, 0.2) is 0 Å². The van der Waals surface area contributed by atoms with E-state index in [1.807, 2.05) is 11.0 Å². The Morgan fingerprint density at radius 3 is 2.59 bits per heavy atom. The standard InChI is InChI=1S/C22H26ClN3O3/c1-15-18(5-4-17(14-24)19(15)23)26-20(27)22(9-2-3-10-22)25(21(26)28)11-6-16-7-12-29-13-8-16/h4-5,16H,2-3,6-13H2,1H3. The molecule has 2 saturated heterocycles. The first-order valence-corrected chi connectivity index (χ1v) is 10.8. The summed E-state index contributed by atoms with van der Waals surface area (Å²) in [5.41, 5.74) is 0.698. The number of ether oxygens (including phenoxy) is 1. The average Bonchev–Trinajstić information content (AvgIpc) is 3.29. The molecule has 1 spiro atoms. The summed E-state index contributed by atoms with van der Waals surface area (Å²) in [5, 5.41) is 9.51. The number of rotatable bonds is 4. The first-order chi connectivity index (χ1) is 14.0. The van der Waals surface area contributed by atoms with Gasteiger partial charge in [-0.25, -0.2) is 9.69 Å². The van der Waals surface area contributed by atoms with E-state index in [1.165, 1.54) is 4.90 Å². The van der Waals surface area contributed by atoms with Crippen molar-refractivity contribution >= 4 is 29.2 Å². The van der Waals surface area contributed by atoms with Crippen LogP contribution in [0.4, 0.5) is 10.5 Å². The Morgan fingerprint density at radius 1 is 1.24 bits per heavy atom. The van der Waals surface area contributed by atoms with Crippen molar-refractivity contribution in [2.75, 3.05) is 24.7 Å². The van der Waals surface area contributed by atoms with Crippen LogP contribution in [0, 0.1) is 24.2 Å². The fourth-order valence-electron chi connectivity index (χ4n) is 5.03. The van der Waals surface area contributed by atoms with Gasteiger partial charge in [-0.05, 0) is 62.6 Å². The zero-order chi connectivity index (χ0) is 20.6. The first kappa shape index (κ1) is 20.2. The molecule has 0 N–H and O–H groups in total. The zero-order valence-electron chi connectivity index (χ0n) is 16.7. The van der Waals surface area contributed by atoms with Crippen LogP contribution < -0.4 is 4.90 Å². The molecular formula is C22H26ClN3O3. The number of amides is 3. The molecule has 1 aromatic carbocycles. The maximum Gasteiger partial charge on any atom is 0.332 e. The van der Waals surface area contributed by atoms with E-state index in [4.69, 9.17) is 16.3 Å². The summed E-state index contributed by atoms with van der Waals surface area (Å²) in [5.74, 6) is 0.390. The number of hydrogen-bond donors (Lipinski definition) is 0. The lowest BCUT2D eigenvalue weighted by atomic mass is 9.92. The topological polar surface area (TPSA) is 73.6 Å². The number of imide groups is 1. The van der Waals surface area contributed by atoms with Crippen molar-refractivity contribution in [2.45, 2.75) is 57.4 Å². The van der Waals surface area contributed by atoms with E-state index in [-0.39, 0.29) is 11.9 Å². The third-order valence-corrected chi connectivity index (χ3v) is 7.28. The van der Waals surface area contributed by atoms with Crippen molar-refractivity contribution in [3.63, 3.8) is 0 Å². The van der Waals surface area contributed by atoms with Crippen molar-refractivity contribution in [3.8, 4) is 6.07 Å². The van der Waals surface area contributed by atoms with Crippen LogP contribution in [0.15, 0.2) is 12.1 Å². The van der Waals surface area contributed by atoms with Crippen LogP contribution in [0.5, 0.6) is 0 Å². The van der Waals surface area contributed by atoms with E-state index in [0.717, 1.165) is 45.3 Å². The van der Waals surface area contributed by atoms with Crippen molar-refractivity contribution in [2.24, 2.45) is 5.92 Å². The summed E-state index contributed by atoms with van der Waals surface area (Å²) in [6.07, 6.45) is 6.25. The third-order valence-electron chi connectivity index (χ3n) is 6.79. The van der Waals surface area contributed by atoms with E-state index in [9.17, 15) is 14.9 Å². The molecule has 4 rings (SSSR count). The second-order valence-corrected chi connectivity index (χ2v) is 8.72. The Morgan fingerprint density at radius 2 is 1.93 bits per heavy atom. The van der Waals surface area contributed by atoms with Gasteiger partial charge in [-0.1, -0.05) is 24.4 Å². The van der Waals surface area contributed by atoms with Gasteiger partial charge in [-0.15, -0.1) is 0 Å². The number of nitrogens with zero attached hydrogens (tertiary/aromatic N) is 3. The minimum Gasteiger partial charge on any atom is -0.381 e. The van der Waals surface area contributed by atoms with Crippen molar-refractivity contribution in [3.05, 3.63) is 28.3 Å². The summed E-state index contributed by atoms with van der Waals surface area (Å²) in [7, 11) is 0.